The molecule has 0 unspecified atom stereocenters. The smallest absolute Gasteiger partial charge is 0.149 e. The van der Waals surface area contributed by atoms with E-state index in [1.807, 2.05) is 24.3 Å². The molecule has 0 aliphatic rings. The van der Waals surface area contributed by atoms with Crippen molar-refractivity contribution in [3.63, 3.8) is 0 Å². The lowest BCUT2D eigenvalue weighted by molar-refractivity contribution is 0.309. The predicted octanol–water partition coefficient (Wildman–Crippen LogP) is 4.76. The van der Waals surface area contributed by atoms with Crippen LogP contribution in [0, 0.1) is 11.6 Å². The molecule has 0 radical (unpaired) electrons. The van der Waals surface area contributed by atoms with Crippen LogP contribution >= 0.6 is 0 Å². The fraction of sp³-hybridized carbons (Fsp3) is 0.294. The SMILES string of the molecule is CCCCOc1ccc(CNc2c(F)cccc2F)cc1. The summed E-state index contributed by atoms with van der Waals surface area (Å²) >= 11 is 0. The first kappa shape index (κ1) is 15.3. The molecular weight excluding hydrogens is 272 g/mol. The highest BCUT2D eigenvalue weighted by Crippen LogP contribution is 2.19. The average Bonchev–Trinajstić information content (AvgIpc) is 2.48. The van der Waals surface area contributed by atoms with Crippen LogP contribution in [0.1, 0.15) is 25.3 Å². The Bertz CT molecular complexity index is 549. The maximum absolute atomic E-state index is 13.5. The molecule has 0 aliphatic carbocycles. The number of anilines is 1. The van der Waals surface area contributed by atoms with Crippen molar-refractivity contribution in [3.05, 3.63) is 59.7 Å². The predicted molar refractivity (Wildman–Crippen MR) is 80.5 cm³/mol. The Morgan fingerprint density at radius 1 is 1.00 bits per heavy atom. The van der Waals surface area contributed by atoms with Gasteiger partial charge in [-0.2, -0.15) is 0 Å². The number of para-hydroxylation sites is 1. The minimum absolute atomic E-state index is 0.0965. The number of unbranched alkanes of at least 4 members (excludes halogenated alkanes) is 1. The van der Waals surface area contributed by atoms with Crippen LogP contribution in [0.3, 0.4) is 0 Å². The minimum atomic E-state index is -0.588. The lowest BCUT2D eigenvalue weighted by Crippen LogP contribution is -2.04. The fourth-order valence-electron chi connectivity index (χ4n) is 1.90. The molecule has 0 saturated carbocycles. The summed E-state index contributed by atoms with van der Waals surface area (Å²) in [4.78, 5) is 0. The third-order valence-electron chi connectivity index (χ3n) is 3.12. The van der Waals surface area contributed by atoms with Crippen molar-refractivity contribution in [3.8, 4) is 5.75 Å². The van der Waals surface area contributed by atoms with Gasteiger partial charge in [-0.1, -0.05) is 31.5 Å². The van der Waals surface area contributed by atoms with Gasteiger partial charge >= 0.3 is 0 Å². The zero-order chi connectivity index (χ0) is 15.1. The van der Waals surface area contributed by atoms with E-state index in [9.17, 15) is 8.78 Å². The van der Waals surface area contributed by atoms with E-state index >= 15 is 0 Å². The Hall–Kier alpha value is -2.10. The van der Waals surface area contributed by atoms with Crippen LogP contribution in [0.5, 0.6) is 5.75 Å². The Balaban J connectivity index is 1.92. The van der Waals surface area contributed by atoms with Crippen molar-refractivity contribution in [2.75, 3.05) is 11.9 Å². The van der Waals surface area contributed by atoms with Crippen molar-refractivity contribution < 1.29 is 13.5 Å². The van der Waals surface area contributed by atoms with Crippen molar-refractivity contribution in [1.82, 2.24) is 0 Å². The molecule has 0 aliphatic heterocycles. The summed E-state index contributed by atoms with van der Waals surface area (Å²) in [6.45, 7) is 3.17. The van der Waals surface area contributed by atoms with Crippen molar-refractivity contribution in [2.45, 2.75) is 26.3 Å². The number of halogens is 2. The summed E-state index contributed by atoms with van der Waals surface area (Å²) in [6, 6.07) is 11.3. The quantitative estimate of drug-likeness (QED) is 0.743. The lowest BCUT2D eigenvalue weighted by Gasteiger charge is -2.10. The van der Waals surface area contributed by atoms with Gasteiger partial charge in [-0.3, -0.25) is 0 Å². The van der Waals surface area contributed by atoms with E-state index < -0.39 is 11.6 Å². The minimum Gasteiger partial charge on any atom is -0.494 e. The number of hydrogen-bond donors (Lipinski definition) is 1. The molecule has 0 heterocycles. The van der Waals surface area contributed by atoms with Crippen LogP contribution in [0.25, 0.3) is 0 Å². The van der Waals surface area contributed by atoms with Crippen molar-refractivity contribution in [2.24, 2.45) is 0 Å². The van der Waals surface area contributed by atoms with E-state index in [1.165, 1.54) is 18.2 Å². The maximum atomic E-state index is 13.5. The molecule has 2 aromatic rings. The number of nitrogens with one attached hydrogen (secondary N) is 1. The molecule has 0 saturated heterocycles. The van der Waals surface area contributed by atoms with Crippen LogP contribution in [-0.2, 0) is 6.54 Å². The molecule has 2 rings (SSSR count). The van der Waals surface area contributed by atoms with Gasteiger partial charge in [0.2, 0.25) is 0 Å². The van der Waals surface area contributed by atoms with Crippen LogP contribution in [0.4, 0.5) is 14.5 Å². The van der Waals surface area contributed by atoms with E-state index in [-0.39, 0.29) is 5.69 Å². The molecule has 0 spiro atoms. The first-order chi connectivity index (χ1) is 10.2. The van der Waals surface area contributed by atoms with E-state index in [0.29, 0.717) is 13.2 Å². The summed E-state index contributed by atoms with van der Waals surface area (Å²) < 4.78 is 32.5. The van der Waals surface area contributed by atoms with Gasteiger partial charge in [0.05, 0.1) is 6.61 Å². The van der Waals surface area contributed by atoms with Crippen LogP contribution < -0.4 is 10.1 Å². The lowest BCUT2D eigenvalue weighted by atomic mass is 10.2. The third-order valence-corrected chi connectivity index (χ3v) is 3.12. The molecule has 0 bridgehead atoms. The van der Waals surface area contributed by atoms with Gasteiger partial charge < -0.3 is 10.1 Å². The van der Waals surface area contributed by atoms with E-state index in [0.717, 1.165) is 24.2 Å². The zero-order valence-electron chi connectivity index (χ0n) is 12.0. The first-order valence-corrected chi connectivity index (χ1v) is 7.10. The summed E-state index contributed by atoms with van der Waals surface area (Å²) in [5.74, 6) is -0.367. The molecule has 112 valence electrons. The molecule has 0 fully saturated rings. The fourth-order valence-corrected chi connectivity index (χ4v) is 1.90. The van der Waals surface area contributed by atoms with Gasteiger partial charge in [0.25, 0.3) is 0 Å². The summed E-state index contributed by atoms with van der Waals surface area (Å²) in [6.07, 6.45) is 2.12. The van der Waals surface area contributed by atoms with Gasteiger partial charge in [-0.05, 0) is 36.2 Å². The second-order valence-corrected chi connectivity index (χ2v) is 4.80. The van der Waals surface area contributed by atoms with E-state index in [2.05, 4.69) is 12.2 Å². The topological polar surface area (TPSA) is 21.3 Å². The molecule has 4 heteroatoms. The first-order valence-electron chi connectivity index (χ1n) is 7.10. The van der Waals surface area contributed by atoms with Gasteiger partial charge in [0.1, 0.15) is 23.1 Å². The Labute approximate surface area is 123 Å². The summed E-state index contributed by atoms with van der Waals surface area (Å²) in [5.41, 5.74) is 0.835. The number of ether oxygens (including phenoxy) is 1. The summed E-state index contributed by atoms with van der Waals surface area (Å²) in [7, 11) is 0. The molecule has 0 amide bonds. The van der Waals surface area contributed by atoms with E-state index in [4.69, 9.17) is 4.74 Å². The molecule has 0 atom stereocenters. The van der Waals surface area contributed by atoms with Gasteiger partial charge in [0.15, 0.2) is 0 Å². The van der Waals surface area contributed by atoms with Gasteiger partial charge in [-0.25, -0.2) is 8.78 Å². The number of benzene rings is 2. The van der Waals surface area contributed by atoms with Crippen LogP contribution in [-0.4, -0.2) is 6.61 Å². The zero-order valence-corrected chi connectivity index (χ0v) is 12.0. The van der Waals surface area contributed by atoms with Crippen molar-refractivity contribution >= 4 is 5.69 Å². The normalized spacial score (nSPS) is 10.4. The highest BCUT2D eigenvalue weighted by Gasteiger charge is 2.07. The standard InChI is InChI=1S/C17H19F2NO/c1-2-3-11-21-14-9-7-13(8-10-14)12-20-17-15(18)5-4-6-16(17)19/h4-10,20H,2-3,11-12H2,1H3. The second kappa shape index (κ2) is 7.62. The molecule has 2 nitrogen and oxygen atoms in total. The molecule has 2 aromatic carbocycles. The monoisotopic (exact) mass is 291 g/mol. The highest BCUT2D eigenvalue weighted by atomic mass is 19.1. The Morgan fingerprint density at radius 2 is 1.67 bits per heavy atom. The van der Waals surface area contributed by atoms with Crippen LogP contribution in [0.15, 0.2) is 42.5 Å². The largest absolute Gasteiger partial charge is 0.494 e. The number of rotatable bonds is 7. The van der Waals surface area contributed by atoms with Gasteiger partial charge in [0, 0.05) is 6.54 Å². The summed E-state index contributed by atoms with van der Waals surface area (Å²) in [5, 5.41) is 2.78. The third kappa shape index (κ3) is 4.45. The molecular formula is C17H19F2NO. The Kier molecular flexibility index (Phi) is 5.55. The average molecular weight is 291 g/mol. The molecule has 21 heavy (non-hydrogen) atoms. The van der Waals surface area contributed by atoms with Crippen LogP contribution in [0.2, 0.25) is 0 Å². The number of hydrogen-bond acceptors (Lipinski definition) is 2. The molecule has 0 aromatic heterocycles. The highest BCUT2D eigenvalue weighted by molar-refractivity contribution is 5.46. The van der Waals surface area contributed by atoms with Gasteiger partial charge in [-0.15, -0.1) is 0 Å². The maximum Gasteiger partial charge on any atom is 0.149 e. The molecule has 1 N–H and O–H groups in total. The second-order valence-electron chi connectivity index (χ2n) is 4.80. The van der Waals surface area contributed by atoms with E-state index in [1.54, 1.807) is 0 Å². The Morgan fingerprint density at radius 3 is 2.29 bits per heavy atom. The van der Waals surface area contributed by atoms with Crippen molar-refractivity contribution in [1.29, 1.82) is 0 Å².